The summed E-state index contributed by atoms with van der Waals surface area (Å²) < 4.78 is 2.17. The molecule has 1 aromatic heterocycles. The molecular formula is C33H43ClN4O2. The van der Waals surface area contributed by atoms with Crippen LogP contribution in [0, 0.1) is 13.8 Å². The zero-order chi connectivity index (χ0) is 28.5. The Kier molecular flexibility index (Phi) is 10.7. The van der Waals surface area contributed by atoms with Crippen LogP contribution in [0.1, 0.15) is 74.3 Å². The van der Waals surface area contributed by atoms with E-state index in [9.17, 15) is 9.59 Å². The molecule has 40 heavy (non-hydrogen) atoms. The highest BCUT2D eigenvalue weighted by molar-refractivity contribution is 6.31. The lowest BCUT2D eigenvalue weighted by Crippen LogP contribution is -2.48. The van der Waals surface area contributed by atoms with E-state index in [1.54, 1.807) is 4.90 Å². The second-order valence-corrected chi connectivity index (χ2v) is 11.4. The zero-order valence-corrected chi connectivity index (χ0v) is 24.9. The van der Waals surface area contributed by atoms with E-state index in [4.69, 9.17) is 11.6 Å². The van der Waals surface area contributed by atoms with Crippen LogP contribution < -0.4 is 5.32 Å². The Hall–Kier alpha value is -3.25. The maximum Gasteiger partial charge on any atom is 0.322 e. The van der Waals surface area contributed by atoms with Crippen LogP contribution in [0.2, 0.25) is 5.02 Å². The topological polar surface area (TPSA) is 57.6 Å². The number of hydrogen-bond donors (Lipinski definition) is 1. The Morgan fingerprint density at radius 1 is 1.00 bits per heavy atom. The van der Waals surface area contributed by atoms with Crippen molar-refractivity contribution in [1.82, 2.24) is 14.4 Å². The molecule has 214 valence electrons. The van der Waals surface area contributed by atoms with E-state index < -0.39 is 0 Å². The van der Waals surface area contributed by atoms with Gasteiger partial charge in [0.15, 0.2) is 0 Å². The van der Waals surface area contributed by atoms with Gasteiger partial charge in [-0.3, -0.25) is 4.79 Å². The molecule has 1 aliphatic rings. The number of hydrogen-bond acceptors (Lipinski definition) is 2. The summed E-state index contributed by atoms with van der Waals surface area (Å²) in [6.45, 7) is 7.92. The summed E-state index contributed by atoms with van der Waals surface area (Å²) in [6, 6.07) is 17.9. The SMILES string of the molecule is CCCCN(CC(=O)N(Cc1cccn1Cc1ccccc1Cl)C1CCCCC1)C(=O)Nc1cccc(C)c1C. The van der Waals surface area contributed by atoms with Crippen LogP contribution in [0.15, 0.2) is 60.8 Å². The molecule has 1 heterocycles. The van der Waals surface area contributed by atoms with Gasteiger partial charge in [-0.1, -0.05) is 74.5 Å². The predicted molar refractivity (Wildman–Crippen MR) is 164 cm³/mol. The van der Waals surface area contributed by atoms with Gasteiger partial charge in [0.2, 0.25) is 5.91 Å². The Bertz CT molecular complexity index is 1280. The average molecular weight is 563 g/mol. The van der Waals surface area contributed by atoms with E-state index >= 15 is 0 Å². The number of rotatable bonds is 11. The summed E-state index contributed by atoms with van der Waals surface area (Å²) in [7, 11) is 0. The van der Waals surface area contributed by atoms with Crippen LogP contribution in [0.3, 0.4) is 0 Å². The molecule has 0 radical (unpaired) electrons. The van der Waals surface area contributed by atoms with Gasteiger partial charge >= 0.3 is 6.03 Å². The first-order valence-corrected chi connectivity index (χ1v) is 15.0. The van der Waals surface area contributed by atoms with Crippen molar-refractivity contribution in [1.29, 1.82) is 0 Å². The van der Waals surface area contributed by atoms with Crippen LogP contribution in [-0.4, -0.2) is 45.4 Å². The summed E-state index contributed by atoms with van der Waals surface area (Å²) in [5.74, 6) is 0.00427. The van der Waals surface area contributed by atoms with Gasteiger partial charge in [0, 0.05) is 41.7 Å². The number of anilines is 1. The molecule has 1 N–H and O–H groups in total. The summed E-state index contributed by atoms with van der Waals surface area (Å²) >= 11 is 6.46. The van der Waals surface area contributed by atoms with E-state index in [1.165, 1.54) is 6.42 Å². The lowest BCUT2D eigenvalue weighted by atomic mass is 9.94. The minimum Gasteiger partial charge on any atom is -0.345 e. The third-order valence-corrected chi connectivity index (χ3v) is 8.50. The maximum absolute atomic E-state index is 14.0. The lowest BCUT2D eigenvalue weighted by molar-refractivity contribution is -0.135. The number of halogens is 1. The molecule has 2 aromatic carbocycles. The van der Waals surface area contributed by atoms with Gasteiger partial charge in [0.1, 0.15) is 6.54 Å². The largest absolute Gasteiger partial charge is 0.345 e. The number of nitrogens with one attached hydrogen (secondary N) is 1. The molecule has 0 saturated heterocycles. The number of carbonyl (C=O) groups excluding carboxylic acids is 2. The molecule has 6 nitrogen and oxygen atoms in total. The van der Waals surface area contributed by atoms with Crippen LogP contribution in [0.4, 0.5) is 10.5 Å². The highest BCUT2D eigenvalue weighted by atomic mass is 35.5. The van der Waals surface area contributed by atoms with Crippen molar-refractivity contribution < 1.29 is 9.59 Å². The lowest BCUT2D eigenvalue weighted by Gasteiger charge is -2.36. The second-order valence-electron chi connectivity index (χ2n) is 11.0. The highest BCUT2D eigenvalue weighted by Gasteiger charge is 2.29. The van der Waals surface area contributed by atoms with Gasteiger partial charge < -0.3 is 19.7 Å². The highest BCUT2D eigenvalue weighted by Crippen LogP contribution is 2.26. The summed E-state index contributed by atoms with van der Waals surface area (Å²) in [5.41, 5.74) is 5.07. The molecule has 1 aliphatic carbocycles. The van der Waals surface area contributed by atoms with Gasteiger partial charge in [-0.2, -0.15) is 0 Å². The molecule has 3 aromatic rings. The Morgan fingerprint density at radius 3 is 2.52 bits per heavy atom. The summed E-state index contributed by atoms with van der Waals surface area (Å²) in [4.78, 5) is 31.2. The van der Waals surface area contributed by atoms with E-state index in [1.807, 2.05) is 73.5 Å². The molecule has 0 unspecified atom stereocenters. The number of nitrogens with zero attached hydrogens (tertiary/aromatic N) is 3. The minimum atomic E-state index is -0.221. The smallest absolute Gasteiger partial charge is 0.322 e. The number of amides is 3. The molecule has 1 saturated carbocycles. The van der Waals surface area contributed by atoms with Crippen molar-refractivity contribution in [3.05, 3.63) is 88.2 Å². The van der Waals surface area contributed by atoms with Crippen molar-refractivity contribution in [3.8, 4) is 0 Å². The summed E-state index contributed by atoms with van der Waals surface area (Å²) in [6.07, 6.45) is 9.31. The Balaban J connectivity index is 1.53. The van der Waals surface area contributed by atoms with Gasteiger partial charge in [-0.25, -0.2) is 4.79 Å². The van der Waals surface area contributed by atoms with Gasteiger partial charge in [-0.15, -0.1) is 0 Å². The monoisotopic (exact) mass is 562 g/mol. The quantitative estimate of drug-likeness (QED) is 0.259. The predicted octanol–water partition coefficient (Wildman–Crippen LogP) is 7.80. The van der Waals surface area contributed by atoms with Crippen molar-refractivity contribution in [2.75, 3.05) is 18.4 Å². The van der Waals surface area contributed by atoms with Gasteiger partial charge in [0.25, 0.3) is 0 Å². The number of unbranched alkanes of at least 4 members (excludes halogenated alkanes) is 1. The number of aryl methyl sites for hydroxylation is 1. The van der Waals surface area contributed by atoms with Crippen molar-refractivity contribution >= 4 is 29.2 Å². The number of carbonyl (C=O) groups is 2. The van der Waals surface area contributed by atoms with E-state index in [-0.39, 0.29) is 24.5 Å². The molecule has 7 heteroatoms. The fourth-order valence-electron chi connectivity index (χ4n) is 5.48. The van der Waals surface area contributed by atoms with Gasteiger partial charge in [-0.05, 0) is 74.1 Å². The molecule has 0 atom stereocenters. The van der Waals surface area contributed by atoms with E-state index in [2.05, 4.69) is 22.9 Å². The van der Waals surface area contributed by atoms with Crippen LogP contribution >= 0.6 is 11.6 Å². The van der Waals surface area contributed by atoms with Crippen LogP contribution in [0.5, 0.6) is 0 Å². The maximum atomic E-state index is 14.0. The van der Waals surface area contributed by atoms with E-state index in [0.717, 1.165) is 71.6 Å². The van der Waals surface area contributed by atoms with Crippen LogP contribution in [-0.2, 0) is 17.9 Å². The standard InChI is InChI=1S/C33H43ClN4O2/c1-4-5-20-37(33(40)35-31-19-11-13-25(2)26(31)3)24-32(39)38(28-15-7-6-8-16-28)23-29-17-12-21-36(29)22-27-14-9-10-18-30(27)34/h9-14,17-19,21,28H,4-8,15-16,20,22-24H2,1-3H3,(H,35,40). The Labute approximate surface area is 244 Å². The van der Waals surface area contributed by atoms with Crippen molar-refractivity contribution in [3.63, 3.8) is 0 Å². The average Bonchev–Trinajstić information content (AvgIpc) is 3.40. The molecule has 0 spiro atoms. The molecule has 1 fully saturated rings. The first-order chi connectivity index (χ1) is 19.4. The number of benzene rings is 2. The third-order valence-electron chi connectivity index (χ3n) is 8.13. The van der Waals surface area contributed by atoms with Crippen LogP contribution in [0.25, 0.3) is 0 Å². The second kappa shape index (κ2) is 14.4. The minimum absolute atomic E-state index is 0.00427. The third kappa shape index (κ3) is 7.69. The first-order valence-electron chi connectivity index (χ1n) is 14.7. The molecule has 4 rings (SSSR count). The first kappa shape index (κ1) is 29.7. The zero-order valence-electron chi connectivity index (χ0n) is 24.2. The molecule has 0 aliphatic heterocycles. The summed E-state index contributed by atoms with van der Waals surface area (Å²) in [5, 5.41) is 3.81. The fourth-order valence-corrected chi connectivity index (χ4v) is 5.68. The van der Waals surface area contributed by atoms with Crippen molar-refractivity contribution in [2.45, 2.75) is 84.8 Å². The van der Waals surface area contributed by atoms with Gasteiger partial charge in [0.05, 0.1) is 6.54 Å². The number of aromatic nitrogens is 1. The van der Waals surface area contributed by atoms with Crippen molar-refractivity contribution in [2.24, 2.45) is 0 Å². The molecule has 0 bridgehead atoms. The van der Waals surface area contributed by atoms with E-state index in [0.29, 0.717) is 19.6 Å². The fraction of sp³-hybridized carbons (Fsp3) is 0.455. The normalized spacial score (nSPS) is 13.7. The molecule has 3 amide bonds. The number of urea groups is 1. The molecular weight excluding hydrogens is 520 g/mol. The Morgan fingerprint density at radius 2 is 1.77 bits per heavy atom.